The van der Waals surface area contributed by atoms with Crippen molar-refractivity contribution in [1.82, 2.24) is 19.6 Å². The number of nitrogens with zero attached hydrogens (tertiary/aromatic N) is 4. The van der Waals surface area contributed by atoms with Crippen molar-refractivity contribution in [1.29, 1.82) is 0 Å². The Labute approximate surface area is 107 Å². The molecule has 0 spiro atoms. The molecule has 5 nitrogen and oxygen atoms in total. The van der Waals surface area contributed by atoms with Gasteiger partial charge in [-0.2, -0.15) is 0 Å². The highest BCUT2D eigenvalue weighted by molar-refractivity contribution is 7.19. The van der Waals surface area contributed by atoms with E-state index in [2.05, 4.69) is 15.1 Å². The number of rotatable bonds is 1. The highest BCUT2D eigenvalue weighted by Crippen LogP contribution is 2.36. The summed E-state index contributed by atoms with van der Waals surface area (Å²) in [5, 5.41) is 14.5. The van der Waals surface area contributed by atoms with Crippen molar-refractivity contribution in [3.63, 3.8) is 0 Å². The fraction of sp³-hybridized carbons (Fsp3) is 0.417. The molecule has 3 aromatic rings. The summed E-state index contributed by atoms with van der Waals surface area (Å²) in [5.74, 6) is 0.458. The number of aliphatic hydroxyl groups is 1. The van der Waals surface area contributed by atoms with Crippen molar-refractivity contribution in [3.8, 4) is 0 Å². The molecule has 0 fully saturated rings. The zero-order valence-electron chi connectivity index (χ0n) is 9.76. The van der Waals surface area contributed by atoms with Gasteiger partial charge in [0.25, 0.3) is 0 Å². The molecule has 0 unspecified atom stereocenters. The maximum Gasteiger partial charge on any atom is 0.177 e. The summed E-state index contributed by atoms with van der Waals surface area (Å²) in [6.07, 6.45) is 6.46. The fourth-order valence-electron chi connectivity index (χ4n) is 2.67. The first-order chi connectivity index (χ1) is 8.86. The summed E-state index contributed by atoms with van der Waals surface area (Å²) >= 11 is 1.78. The third-order valence-corrected chi connectivity index (χ3v) is 4.68. The molecule has 0 radical (unpaired) electrons. The highest BCUT2D eigenvalue weighted by atomic mass is 32.1. The van der Waals surface area contributed by atoms with Gasteiger partial charge < -0.3 is 5.11 Å². The summed E-state index contributed by atoms with van der Waals surface area (Å²) in [5.41, 5.74) is 2.24. The molecule has 6 heteroatoms. The molecule has 0 aromatic carbocycles. The normalized spacial score (nSPS) is 15.4. The van der Waals surface area contributed by atoms with Crippen molar-refractivity contribution in [2.75, 3.05) is 0 Å². The monoisotopic (exact) mass is 260 g/mol. The molecule has 3 heterocycles. The number of aliphatic hydroxyl groups excluding tert-OH is 1. The zero-order valence-corrected chi connectivity index (χ0v) is 10.6. The lowest BCUT2D eigenvalue weighted by Gasteiger charge is -2.09. The lowest BCUT2D eigenvalue weighted by atomic mass is 9.97. The van der Waals surface area contributed by atoms with Gasteiger partial charge in [0.15, 0.2) is 11.5 Å². The SMILES string of the molecule is OCc1nc2c3c4c(sc3ncn2n1)CCCC4. The Morgan fingerprint density at radius 2 is 2.22 bits per heavy atom. The molecule has 18 heavy (non-hydrogen) atoms. The van der Waals surface area contributed by atoms with E-state index < -0.39 is 0 Å². The number of aryl methyl sites for hydroxylation is 2. The topological polar surface area (TPSA) is 63.3 Å². The van der Waals surface area contributed by atoms with Crippen LogP contribution in [-0.2, 0) is 19.4 Å². The van der Waals surface area contributed by atoms with Gasteiger partial charge in [0.05, 0.1) is 5.39 Å². The van der Waals surface area contributed by atoms with Gasteiger partial charge in [0.2, 0.25) is 0 Å². The van der Waals surface area contributed by atoms with E-state index in [1.807, 2.05) is 0 Å². The molecular weight excluding hydrogens is 248 g/mol. The molecular formula is C12H12N4OS. The van der Waals surface area contributed by atoms with E-state index in [0.717, 1.165) is 28.7 Å². The van der Waals surface area contributed by atoms with E-state index in [0.29, 0.717) is 5.82 Å². The molecule has 0 bridgehead atoms. The van der Waals surface area contributed by atoms with Crippen LogP contribution in [0.2, 0.25) is 0 Å². The molecule has 0 saturated carbocycles. The van der Waals surface area contributed by atoms with Crippen LogP contribution in [0.15, 0.2) is 6.33 Å². The van der Waals surface area contributed by atoms with Crippen LogP contribution >= 0.6 is 11.3 Å². The van der Waals surface area contributed by atoms with Crippen LogP contribution in [0.4, 0.5) is 0 Å². The van der Waals surface area contributed by atoms with E-state index in [-0.39, 0.29) is 6.61 Å². The first kappa shape index (κ1) is 10.4. The Bertz CT molecular complexity index is 745. The van der Waals surface area contributed by atoms with Gasteiger partial charge in [-0.25, -0.2) is 14.5 Å². The van der Waals surface area contributed by atoms with E-state index in [4.69, 9.17) is 5.11 Å². The molecule has 0 saturated heterocycles. The Balaban J connectivity index is 2.12. The summed E-state index contributed by atoms with van der Waals surface area (Å²) in [4.78, 5) is 11.4. The van der Waals surface area contributed by atoms with Crippen molar-refractivity contribution in [2.45, 2.75) is 32.3 Å². The smallest absolute Gasteiger partial charge is 0.177 e. The maximum atomic E-state index is 9.14. The molecule has 92 valence electrons. The van der Waals surface area contributed by atoms with Gasteiger partial charge in [-0.3, -0.25) is 0 Å². The lowest BCUT2D eigenvalue weighted by molar-refractivity contribution is 0.271. The number of thiophene rings is 1. The first-order valence-electron chi connectivity index (χ1n) is 6.12. The minimum absolute atomic E-state index is 0.129. The average molecular weight is 260 g/mol. The predicted molar refractivity (Wildman–Crippen MR) is 68.7 cm³/mol. The fourth-order valence-corrected chi connectivity index (χ4v) is 3.89. The van der Waals surface area contributed by atoms with E-state index in [1.165, 1.54) is 23.3 Å². The number of hydrogen-bond donors (Lipinski definition) is 1. The molecule has 0 amide bonds. The van der Waals surface area contributed by atoms with Crippen molar-refractivity contribution in [3.05, 3.63) is 22.6 Å². The second-order valence-electron chi connectivity index (χ2n) is 4.59. The second kappa shape index (κ2) is 3.73. The van der Waals surface area contributed by atoms with Crippen LogP contribution in [0.5, 0.6) is 0 Å². The van der Waals surface area contributed by atoms with E-state index in [1.54, 1.807) is 22.2 Å². The zero-order chi connectivity index (χ0) is 12.1. The van der Waals surface area contributed by atoms with E-state index >= 15 is 0 Å². The van der Waals surface area contributed by atoms with Gasteiger partial charge in [0, 0.05) is 4.88 Å². The lowest BCUT2D eigenvalue weighted by Crippen LogP contribution is -1.99. The molecule has 1 aliphatic carbocycles. The number of aromatic nitrogens is 4. The quantitative estimate of drug-likeness (QED) is 0.723. The molecule has 0 aliphatic heterocycles. The third-order valence-electron chi connectivity index (χ3n) is 3.48. The summed E-state index contributed by atoms with van der Waals surface area (Å²) in [7, 11) is 0. The standard InChI is InChI=1S/C12H12N4OS/c17-5-9-14-11-10-7-3-1-2-4-8(7)18-12(10)13-6-16(11)15-9/h6,17H,1-5H2. The minimum Gasteiger partial charge on any atom is -0.388 e. The van der Waals surface area contributed by atoms with Crippen molar-refractivity contribution < 1.29 is 5.11 Å². The Morgan fingerprint density at radius 3 is 3.11 bits per heavy atom. The number of hydrogen-bond acceptors (Lipinski definition) is 5. The Kier molecular flexibility index (Phi) is 2.15. The Morgan fingerprint density at radius 1 is 1.33 bits per heavy atom. The van der Waals surface area contributed by atoms with Gasteiger partial charge in [-0.15, -0.1) is 16.4 Å². The molecule has 0 atom stereocenters. The van der Waals surface area contributed by atoms with Gasteiger partial charge in [0.1, 0.15) is 17.8 Å². The van der Waals surface area contributed by atoms with Gasteiger partial charge >= 0.3 is 0 Å². The van der Waals surface area contributed by atoms with Crippen LogP contribution in [0, 0.1) is 0 Å². The van der Waals surface area contributed by atoms with Crippen LogP contribution in [0.3, 0.4) is 0 Å². The summed E-state index contributed by atoms with van der Waals surface area (Å²) in [6, 6.07) is 0. The summed E-state index contributed by atoms with van der Waals surface area (Å²) in [6.45, 7) is -0.129. The largest absolute Gasteiger partial charge is 0.388 e. The number of fused-ring (bicyclic) bond motifs is 5. The molecule has 1 N–H and O–H groups in total. The second-order valence-corrected chi connectivity index (χ2v) is 5.67. The molecule has 3 aromatic heterocycles. The van der Waals surface area contributed by atoms with Gasteiger partial charge in [-0.05, 0) is 31.2 Å². The minimum atomic E-state index is -0.129. The highest BCUT2D eigenvalue weighted by Gasteiger charge is 2.20. The molecule has 1 aliphatic rings. The predicted octanol–water partition coefficient (Wildman–Crippen LogP) is 1.71. The van der Waals surface area contributed by atoms with Crippen LogP contribution < -0.4 is 0 Å². The first-order valence-corrected chi connectivity index (χ1v) is 6.94. The van der Waals surface area contributed by atoms with Crippen molar-refractivity contribution in [2.24, 2.45) is 0 Å². The maximum absolute atomic E-state index is 9.14. The van der Waals surface area contributed by atoms with Crippen LogP contribution in [0.1, 0.15) is 29.1 Å². The van der Waals surface area contributed by atoms with Crippen LogP contribution in [-0.4, -0.2) is 24.7 Å². The molecule has 4 rings (SSSR count). The van der Waals surface area contributed by atoms with E-state index in [9.17, 15) is 0 Å². The van der Waals surface area contributed by atoms with Gasteiger partial charge in [-0.1, -0.05) is 0 Å². The summed E-state index contributed by atoms with van der Waals surface area (Å²) < 4.78 is 1.68. The van der Waals surface area contributed by atoms with Crippen LogP contribution in [0.25, 0.3) is 15.9 Å². The Hall–Kier alpha value is -1.53. The average Bonchev–Trinajstić information content (AvgIpc) is 2.98. The third kappa shape index (κ3) is 1.33. The van der Waals surface area contributed by atoms with Crippen molar-refractivity contribution >= 4 is 27.2 Å².